The Balaban J connectivity index is 1.54. The molecule has 0 radical (unpaired) electrons. The van der Waals surface area contributed by atoms with Gasteiger partial charge in [-0.2, -0.15) is 5.10 Å². The number of piperazine rings is 1. The highest BCUT2D eigenvalue weighted by atomic mass is 16.5. The van der Waals surface area contributed by atoms with Gasteiger partial charge in [0, 0.05) is 42.8 Å². The highest BCUT2D eigenvalue weighted by Crippen LogP contribution is 2.24. The SMILES string of the molecule is COc1ccc(N2CCN(C(=O)c3cnn4c(C)cc(C)nc34)[C@@H](C)C2)cc1. The Morgan fingerprint density at radius 1 is 1.18 bits per heavy atom. The maximum atomic E-state index is 13.2. The summed E-state index contributed by atoms with van der Waals surface area (Å²) in [5.41, 5.74) is 4.20. The fourth-order valence-electron chi connectivity index (χ4n) is 3.86. The largest absolute Gasteiger partial charge is 0.497 e. The lowest BCUT2D eigenvalue weighted by Gasteiger charge is -2.41. The lowest BCUT2D eigenvalue weighted by atomic mass is 10.1. The zero-order valence-electron chi connectivity index (χ0n) is 16.7. The van der Waals surface area contributed by atoms with Crippen LogP contribution in [0.2, 0.25) is 0 Å². The van der Waals surface area contributed by atoms with E-state index in [-0.39, 0.29) is 11.9 Å². The van der Waals surface area contributed by atoms with Crippen LogP contribution in [0.5, 0.6) is 5.75 Å². The summed E-state index contributed by atoms with van der Waals surface area (Å²) >= 11 is 0. The van der Waals surface area contributed by atoms with Gasteiger partial charge in [0.25, 0.3) is 5.91 Å². The molecule has 2 aromatic heterocycles. The number of amides is 1. The lowest BCUT2D eigenvalue weighted by Crippen LogP contribution is -2.54. The average molecular weight is 379 g/mol. The van der Waals surface area contributed by atoms with Gasteiger partial charge in [-0.15, -0.1) is 0 Å². The van der Waals surface area contributed by atoms with Gasteiger partial charge in [0.2, 0.25) is 0 Å². The predicted molar refractivity (Wildman–Crippen MR) is 108 cm³/mol. The summed E-state index contributed by atoms with van der Waals surface area (Å²) < 4.78 is 6.97. The number of fused-ring (bicyclic) bond motifs is 1. The highest BCUT2D eigenvalue weighted by Gasteiger charge is 2.30. The summed E-state index contributed by atoms with van der Waals surface area (Å²) in [6.45, 7) is 8.22. The van der Waals surface area contributed by atoms with Crippen molar-refractivity contribution in [3.05, 3.63) is 53.5 Å². The number of carbonyl (C=O) groups is 1. The highest BCUT2D eigenvalue weighted by molar-refractivity contribution is 6.00. The molecule has 0 bridgehead atoms. The number of carbonyl (C=O) groups excluding carboxylic acids is 1. The fraction of sp³-hybridized carbons (Fsp3) is 0.381. The van der Waals surface area contributed by atoms with Crippen molar-refractivity contribution in [2.45, 2.75) is 26.8 Å². The van der Waals surface area contributed by atoms with Crippen LogP contribution in [0.4, 0.5) is 5.69 Å². The van der Waals surface area contributed by atoms with E-state index in [1.165, 1.54) is 0 Å². The Morgan fingerprint density at radius 2 is 1.93 bits per heavy atom. The van der Waals surface area contributed by atoms with Gasteiger partial charge >= 0.3 is 0 Å². The van der Waals surface area contributed by atoms with Gasteiger partial charge in [-0.25, -0.2) is 9.50 Å². The molecule has 1 atom stereocenters. The van der Waals surface area contributed by atoms with Gasteiger partial charge in [-0.05, 0) is 51.1 Å². The number of aryl methyl sites for hydroxylation is 2. The van der Waals surface area contributed by atoms with E-state index in [2.05, 4.69) is 34.0 Å². The fourth-order valence-corrected chi connectivity index (χ4v) is 3.86. The minimum atomic E-state index is -0.00520. The summed E-state index contributed by atoms with van der Waals surface area (Å²) in [7, 11) is 1.67. The van der Waals surface area contributed by atoms with Crippen LogP contribution in [0.3, 0.4) is 0 Å². The molecular weight excluding hydrogens is 354 g/mol. The maximum Gasteiger partial charge on any atom is 0.259 e. The zero-order valence-corrected chi connectivity index (χ0v) is 16.7. The molecular formula is C21H25N5O2. The van der Waals surface area contributed by atoms with E-state index in [9.17, 15) is 4.79 Å². The molecule has 1 amide bonds. The van der Waals surface area contributed by atoms with Crippen LogP contribution in [0.1, 0.15) is 28.7 Å². The predicted octanol–water partition coefficient (Wildman–Crippen LogP) is 2.71. The first-order valence-corrected chi connectivity index (χ1v) is 9.50. The third kappa shape index (κ3) is 3.17. The van der Waals surface area contributed by atoms with Crippen LogP contribution >= 0.6 is 0 Å². The van der Waals surface area contributed by atoms with Crippen molar-refractivity contribution in [1.82, 2.24) is 19.5 Å². The number of hydrogen-bond donors (Lipinski definition) is 0. The Kier molecular flexibility index (Phi) is 4.66. The van der Waals surface area contributed by atoms with E-state index >= 15 is 0 Å². The number of hydrogen-bond acceptors (Lipinski definition) is 5. The van der Waals surface area contributed by atoms with Crippen LogP contribution in [0.15, 0.2) is 36.5 Å². The summed E-state index contributed by atoms with van der Waals surface area (Å²) in [5, 5.41) is 4.36. The molecule has 1 saturated heterocycles. The van der Waals surface area contributed by atoms with E-state index in [1.54, 1.807) is 17.8 Å². The van der Waals surface area contributed by atoms with Crippen molar-refractivity contribution in [3.8, 4) is 5.75 Å². The molecule has 4 rings (SSSR count). The van der Waals surface area contributed by atoms with Crippen LogP contribution in [-0.4, -0.2) is 58.2 Å². The van der Waals surface area contributed by atoms with E-state index in [0.29, 0.717) is 17.8 Å². The molecule has 3 aromatic rings. The van der Waals surface area contributed by atoms with Crippen LogP contribution in [-0.2, 0) is 0 Å². The molecule has 0 aliphatic carbocycles. The second-order valence-corrected chi connectivity index (χ2v) is 7.32. The van der Waals surface area contributed by atoms with Crippen LogP contribution < -0.4 is 9.64 Å². The Morgan fingerprint density at radius 3 is 2.61 bits per heavy atom. The molecule has 1 aliphatic rings. The summed E-state index contributed by atoms with van der Waals surface area (Å²) in [5.74, 6) is 0.839. The summed E-state index contributed by atoms with van der Waals surface area (Å²) in [4.78, 5) is 22.0. The van der Waals surface area contributed by atoms with Gasteiger partial charge in [-0.3, -0.25) is 4.79 Å². The molecule has 0 unspecified atom stereocenters. The summed E-state index contributed by atoms with van der Waals surface area (Å²) in [6.07, 6.45) is 1.64. The van der Waals surface area contributed by atoms with Crippen molar-refractivity contribution in [3.63, 3.8) is 0 Å². The molecule has 7 heteroatoms. The molecule has 0 spiro atoms. The van der Waals surface area contributed by atoms with E-state index in [1.807, 2.05) is 36.9 Å². The maximum absolute atomic E-state index is 13.2. The minimum Gasteiger partial charge on any atom is -0.497 e. The van der Waals surface area contributed by atoms with Gasteiger partial charge in [-0.1, -0.05) is 0 Å². The molecule has 1 aliphatic heterocycles. The number of anilines is 1. The number of methoxy groups -OCH3 is 1. The normalized spacial score (nSPS) is 17.2. The van der Waals surface area contributed by atoms with E-state index < -0.39 is 0 Å². The summed E-state index contributed by atoms with van der Waals surface area (Å²) in [6, 6.07) is 10.1. The first-order valence-electron chi connectivity index (χ1n) is 9.50. The van der Waals surface area contributed by atoms with Crippen molar-refractivity contribution in [2.75, 3.05) is 31.6 Å². The topological polar surface area (TPSA) is 63.0 Å². The van der Waals surface area contributed by atoms with Crippen LogP contribution in [0.25, 0.3) is 5.65 Å². The Bertz CT molecular complexity index is 1010. The second-order valence-electron chi connectivity index (χ2n) is 7.32. The molecule has 7 nitrogen and oxygen atoms in total. The molecule has 3 heterocycles. The number of nitrogens with zero attached hydrogens (tertiary/aromatic N) is 5. The number of rotatable bonds is 3. The Hall–Kier alpha value is -3.09. The minimum absolute atomic E-state index is 0.00520. The second kappa shape index (κ2) is 7.14. The molecule has 146 valence electrons. The standard InChI is InChI=1S/C21H25N5O2/c1-14-11-15(2)26-20(23-14)19(12-22-26)21(27)25-10-9-24(13-16(25)3)17-5-7-18(28-4)8-6-17/h5-8,11-12,16H,9-10,13H2,1-4H3/t16-/m0/s1. The number of ether oxygens (including phenoxy) is 1. The smallest absolute Gasteiger partial charge is 0.259 e. The van der Waals surface area contributed by atoms with Crippen molar-refractivity contribution in [2.24, 2.45) is 0 Å². The first-order chi connectivity index (χ1) is 13.5. The molecule has 0 saturated carbocycles. The lowest BCUT2D eigenvalue weighted by molar-refractivity contribution is 0.0676. The Labute approximate surface area is 164 Å². The van der Waals surface area contributed by atoms with Crippen LogP contribution in [0, 0.1) is 13.8 Å². The number of benzene rings is 1. The quantitative estimate of drug-likeness (QED) is 0.700. The van der Waals surface area contributed by atoms with Gasteiger partial charge < -0.3 is 14.5 Å². The third-order valence-corrected chi connectivity index (χ3v) is 5.33. The van der Waals surface area contributed by atoms with Gasteiger partial charge in [0.05, 0.1) is 13.3 Å². The first kappa shape index (κ1) is 18.3. The van der Waals surface area contributed by atoms with Gasteiger partial charge in [0.1, 0.15) is 11.3 Å². The molecule has 1 aromatic carbocycles. The van der Waals surface area contributed by atoms with E-state index in [4.69, 9.17) is 4.74 Å². The molecule has 28 heavy (non-hydrogen) atoms. The van der Waals surface area contributed by atoms with Crippen molar-refractivity contribution < 1.29 is 9.53 Å². The van der Waals surface area contributed by atoms with Crippen molar-refractivity contribution >= 4 is 17.2 Å². The number of aromatic nitrogens is 3. The van der Waals surface area contributed by atoms with Gasteiger partial charge in [0.15, 0.2) is 5.65 Å². The van der Waals surface area contributed by atoms with E-state index in [0.717, 1.165) is 35.9 Å². The third-order valence-electron chi connectivity index (χ3n) is 5.33. The zero-order chi connectivity index (χ0) is 19.8. The monoisotopic (exact) mass is 379 g/mol. The average Bonchev–Trinajstić information content (AvgIpc) is 3.11. The molecule has 0 N–H and O–H groups in total. The molecule has 1 fully saturated rings. The van der Waals surface area contributed by atoms with Crippen molar-refractivity contribution in [1.29, 1.82) is 0 Å².